The summed E-state index contributed by atoms with van der Waals surface area (Å²) < 4.78 is 11.3. The molecule has 4 fully saturated rings. The minimum atomic E-state index is -0.520. The Hall–Kier alpha value is -1.59. The van der Waals surface area contributed by atoms with Crippen molar-refractivity contribution >= 4 is 17.8 Å². The predicted molar refractivity (Wildman–Crippen MR) is 79.2 cm³/mol. The van der Waals surface area contributed by atoms with Gasteiger partial charge in [-0.1, -0.05) is 13.8 Å². The highest BCUT2D eigenvalue weighted by atomic mass is 16.6. The first-order valence-corrected chi connectivity index (χ1v) is 8.66. The minimum Gasteiger partial charge on any atom is -0.460 e. The van der Waals surface area contributed by atoms with Crippen molar-refractivity contribution in [3.05, 3.63) is 0 Å². The zero-order valence-corrected chi connectivity index (χ0v) is 13.6. The molecule has 0 aromatic carbocycles. The lowest BCUT2D eigenvalue weighted by Crippen LogP contribution is -2.59. The standard InChI is InChI=1S/C17H23NO5/c1-9-7-12(22-15(9)20)11-3-4-13-17(6-5-14(19)18(11)13)8-10(2)16(21)23-17/h9-13H,3-8H2,1-2H3/t9-,10+,11-,12-,13+,17-/m0/s1. The van der Waals surface area contributed by atoms with E-state index in [2.05, 4.69) is 0 Å². The van der Waals surface area contributed by atoms with E-state index in [4.69, 9.17) is 9.47 Å². The highest BCUT2D eigenvalue weighted by Crippen LogP contribution is 2.49. The smallest absolute Gasteiger partial charge is 0.309 e. The summed E-state index contributed by atoms with van der Waals surface area (Å²) in [4.78, 5) is 38.1. The molecule has 6 heteroatoms. The first-order valence-electron chi connectivity index (χ1n) is 8.66. The molecule has 1 amide bonds. The third kappa shape index (κ3) is 2.10. The number of carbonyl (C=O) groups excluding carboxylic acids is 3. The van der Waals surface area contributed by atoms with Crippen LogP contribution in [0.4, 0.5) is 0 Å². The van der Waals surface area contributed by atoms with Crippen LogP contribution in [0.3, 0.4) is 0 Å². The van der Waals surface area contributed by atoms with Crippen molar-refractivity contribution < 1.29 is 23.9 Å². The van der Waals surface area contributed by atoms with Gasteiger partial charge in [-0.05, 0) is 25.7 Å². The number of cyclic esters (lactones) is 1. The quantitative estimate of drug-likeness (QED) is 0.683. The van der Waals surface area contributed by atoms with Gasteiger partial charge in [0.2, 0.25) is 5.91 Å². The molecule has 0 unspecified atom stereocenters. The normalized spacial score (nSPS) is 46.3. The average molecular weight is 321 g/mol. The van der Waals surface area contributed by atoms with E-state index in [1.807, 2.05) is 18.7 Å². The van der Waals surface area contributed by atoms with Crippen LogP contribution in [0, 0.1) is 11.8 Å². The molecular formula is C17H23NO5. The summed E-state index contributed by atoms with van der Waals surface area (Å²) in [6.07, 6.45) is 3.81. The second kappa shape index (κ2) is 4.95. The molecule has 1 spiro atoms. The van der Waals surface area contributed by atoms with Gasteiger partial charge in [0.25, 0.3) is 0 Å². The fourth-order valence-electron chi connectivity index (χ4n) is 4.99. The van der Waals surface area contributed by atoms with Crippen molar-refractivity contribution in [2.24, 2.45) is 11.8 Å². The molecule has 6 nitrogen and oxygen atoms in total. The number of hydrogen-bond donors (Lipinski definition) is 0. The lowest BCUT2D eigenvalue weighted by Gasteiger charge is -2.45. The molecule has 0 N–H and O–H groups in total. The topological polar surface area (TPSA) is 72.9 Å². The van der Waals surface area contributed by atoms with Gasteiger partial charge in [0, 0.05) is 12.8 Å². The van der Waals surface area contributed by atoms with Gasteiger partial charge >= 0.3 is 11.9 Å². The fourth-order valence-corrected chi connectivity index (χ4v) is 4.99. The number of ether oxygens (including phenoxy) is 2. The highest BCUT2D eigenvalue weighted by molar-refractivity contribution is 5.81. The van der Waals surface area contributed by atoms with Gasteiger partial charge in [0.1, 0.15) is 11.7 Å². The zero-order chi connectivity index (χ0) is 16.4. The summed E-state index contributed by atoms with van der Waals surface area (Å²) in [6, 6.07) is -0.120. The van der Waals surface area contributed by atoms with Crippen LogP contribution >= 0.6 is 0 Å². The van der Waals surface area contributed by atoms with Crippen LogP contribution in [0.2, 0.25) is 0 Å². The molecule has 4 aliphatic rings. The Morgan fingerprint density at radius 3 is 2.48 bits per heavy atom. The Balaban J connectivity index is 1.60. The first kappa shape index (κ1) is 15.0. The van der Waals surface area contributed by atoms with Crippen molar-refractivity contribution in [1.82, 2.24) is 4.90 Å². The lowest BCUT2D eigenvalue weighted by molar-refractivity contribution is -0.170. The Labute approximate surface area is 135 Å². The Morgan fingerprint density at radius 2 is 1.87 bits per heavy atom. The molecule has 0 aromatic heterocycles. The molecule has 0 aliphatic carbocycles. The zero-order valence-electron chi connectivity index (χ0n) is 13.6. The van der Waals surface area contributed by atoms with Crippen LogP contribution in [-0.2, 0) is 23.9 Å². The van der Waals surface area contributed by atoms with Crippen LogP contribution in [-0.4, -0.2) is 46.5 Å². The average Bonchev–Trinajstić information content (AvgIpc) is 3.15. The van der Waals surface area contributed by atoms with Gasteiger partial charge in [0.15, 0.2) is 0 Å². The van der Waals surface area contributed by atoms with Gasteiger partial charge < -0.3 is 14.4 Å². The van der Waals surface area contributed by atoms with Crippen molar-refractivity contribution in [3.8, 4) is 0 Å². The summed E-state index contributed by atoms with van der Waals surface area (Å²) in [5.41, 5.74) is -0.520. The molecule has 4 rings (SSSR count). The fraction of sp³-hybridized carbons (Fsp3) is 0.824. The van der Waals surface area contributed by atoms with E-state index >= 15 is 0 Å². The molecule has 126 valence electrons. The molecule has 23 heavy (non-hydrogen) atoms. The van der Waals surface area contributed by atoms with E-state index in [1.54, 1.807) is 0 Å². The Morgan fingerprint density at radius 1 is 1.09 bits per heavy atom. The number of carbonyl (C=O) groups is 3. The summed E-state index contributed by atoms with van der Waals surface area (Å²) in [5, 5.41) is 0. The summed E-state index contributed by atoms with van der Waals surface area (Å²) in [6.45, 7) is 3.76. The summed E-state index contributed by atoms with van der Waals surface area (Å²) in [5.74, 6) is -0.415. The van der Waals surface area contributed by atoms with Crippen LogP contribution < -0.4 is 0 Å². The van der Waals surface area contributed by atoms with Gasteiger partial charge in [-0.2, -0.15) is 0 Å². The lowest BCUT2D eigenvalue weighted by atomic mass is 9.80. The highest BCUT2D eigenvalue weighted by Gasteiger charge is 2.60. The molecular weight excluding hydrogens is 298 g/mol. The summed E-state index contributed by atoms with van der Waals surface area (Å²) >= 11 is 0. The van der Waals surface area contributed by atoms with E-state index < -0.39 is 5.60 Å². The van der Waals surface area contributed by atoms with E-state index in [1.165, 1.54) is 0 Å². The monoisotopic (exact) mass is 321 g/mol. The van der Waals surface area contributed by atoms with Crippen LogP contribution in [0.15, 0.2) is 0 Å². The van der Waals surface area contributed by atoms with Gasteiger partial charge in [-0.15, -0.1) is 0 Å². The maximum Gasteiger partial charge on any atom is 0.309 e. The van der Waals surface area contributed by atoms with Crippen LogP contribution in [0.1, 0.15) is 52.4 Å². The first-order chi connectivity index (χ1) is 10.9. The van der Waals surface area contributed by atoms with E-state index in [-0.39, 0.29) is 47.9 Å². The van der Waals surface area contributed by atoms with Crippen molar-refractivity contribution in [3.63, 3.8) is 0 Å². The van der Waals surface area contributed by atoms with Crippen molar-refractivity contribution in [2.75, 3.05) is 0 Å². The van der Waals surface area contributed by atoms with Gasteiger partial charge in [0.05, 0.1) is 23.9 Å². The maximum absolute atomic E-state index is 12.6. The predicted octanol–water partition coefficient (Wildman–Crippen LogP) is 1.41. The number of rotatable bonds is 1. The second-order valence-corrected chi connectivity index (χ2v) is 7.66. The third-order valence-corrected chi connectivity index (χ3v) is 6.13. The number of fused-ring (bicyclic) bond motifs is 2. The Bertz CT molecular complexity index is 575. The summed E-state index contributed by atoms with van der Waals surface area (Å²) in [7, 11) is 0. The number of amides is 1. The molecule has 4 saturated heterocycles. The third-order valence-electron chi connectivity index (χ3n) is 6.13. The van der Waals surface area contributed by atoms with E-state index in [0.717, 1.165) is 12.8 Å². The number of nitrogens with zero attached hydrogens (tertiary/aromatic N) is 1. The van der Waals surface area contributed by atoms with Crippen molar-refractivity contribution in [1.29, 1.82) is 0 Å². The molecule has 0 saturated carbocycles. The SMILES string of the molecule is C[C@@H]1C[C@]2(CCC(=O)N3[C@H]([C@@H]4C[C@H](C)C(=O)O4)CC[C@@H]32)OC1=O. The Kier molecular flexibility index (Phi) is 3.22. The van der Waals surface area contributed by atoms with Gasteiger partial charge in [-0.3, -0.25) is 14.4 Å². The van der Waals surface area contributed by atoms with E-state index in [9.17, 15) is 14.4 Å². The minimum absolute atomic E-state index is 0.0581. The van der Waals surface area contributed by atoms with Crippen molar-refractivity contribution in [2.45, 2.75) is 76.2 Å². The van der Waals surface area contributed by atoms with Gasteiger partial charge in [-0.25, -0.2) is 0 Å². The maximum atomic E-state index is 12.6. The molecule has 0 aromatic rings. The number of hydrogen-bond acceptors (Lipinski definition) is 5. The number of esters is 2. The molecule has 6 atom stereocenters. The number of piperidine rings is 1. The van der Waals surface area contributed by atoms with E-state index in [0.29, 0.717) is 25.7 Å². The van der Waals surface area contributed by atoms with Crippen LogP contribution in [0.25, 0.3) is 0 Å². The molecule has 4 aliphatic heterocycles. The van der Waals surface area contributed by atoms with Crippen LogP contribution in [0.5, 0.6) is 0 Å². The molecule has 0 bridgehead atoms. The molecule has 0 radical (unpaired) electrons. The largest absolute Gasteiger partial charge is 0.460 e. The molecule has 4 heterocycles. The second-order valence-electron chi connectivity index (χ2n) is 7.66.